The summed E-state index contributed by atoms with van der Waals surface area (Å²) in [5.41, 5.74) is 0. The molecule has 0 saturated heterocycles. The van der Waals surface area contributed by atoms with Gasteiger partial charge in [0.05, 0.1) is 13.2 Å². The Morgan fingerprint density at radius 3 is 1.28 bits per heavy atom. The van der Waals surface area contributed by atoms with Gasteiger partial charge < -0.3 is 15.5 Å². The summed E-state index contributed by atoms with van der Waals surface area (Å²) >= 11 is 0. The number of hydrogen-bond acceptors (Lipinski definition) is 4. The first-order chi connectivity index (χ1) is 14.3. The molecule has 0 atom stereocenters. The molecule has 3 N–H and O–H groups in total. The molecule has 0 bridgehead atoms. The van der Waals surface area contributed by atoms with E-state index < -0.39 is 0 Å². The molecule has 0 aliphatic rings. The van der Waals surface area contributed by atoms with Gasteiger partial charge >= 0.3 is 0 Å². The topological polar surface area (TPSA) is 55.7 Å². The zero-order chi connectivity index (χ0) is 21.3. The van der Waals surface area contributed by atoms with Crippen molar-refractivity contribution in [3.8, 4) is 0 Å². The van der Waals surface area contributed by atoms with E-state index in [1.807, 2.05) is 0 Å². The molecular weight excluding hydrogens is 360 g/mol. The Bertz CT molecular complexity index is 284. The highest BCUT2D eigenvalue weighted by molar-refractivity contribution is 4.58. The average Bonchev–Trinajstić information content (AvgIpc) is 2.72. The predicted molar refractivity (Wildman–Crippen MR) is 128 cm³/mol. The highest BCUT2D eigenvalue weighted by Gasteiger charge is 2.02. The van der Waals surface area contributed by atoms with Crippen LogP contribution in [0.25, 0.3) is 0 Å². The van der Waals surface area contributed by atoms with E-state index in [9.17, 15) is 0 Å². The molecule has 29 heavy (non-hydrogen) atoms. The van der Waals surface area contributed by atoms with Gasteiger partial charge in [0.15, 0.2) is 0 Å². The van der Waals surface area contributed by atoms with Gasteiger partial charge in [-0.3, -0.25) is 4.90 Å². The average molecular weight is 415 g/mol. The molecule has 0 fully saturated rings. The number of unbranched alkanes of at least 4 members (excludes halogenated alkanes) is 15. The number of nitrogens with zero attached hydrogens (tertiary/aromatic N) is 1. The first-order valence-electron chi connectivity index (χ1n) is 13.0. The van der Waals surface area contributed by atoms with E-state index in [4.69, 9.17) is 10.2 Å². The molecule has 4 nitrogen and oxygen atoms in total. The van der Waals surface area contributed by atoms with Crippen molar-refractivity contribution in [3.63, 3.8) is 0 Å². The molecule has 0 aliphatic heterocycles. The first-order valence-corrected chi connectivity index (χ1v) is 13.0. The number of nitrogens with one attached hydrogen (secondary N) is 1. The lowest BCUT2D eigenvalue weighted by atomic mass is 10.0. The Balaban J connectivity index is 3.11. The molecule has 0 aromatic carbocycles. The van der Waals surface area contributed by atoms with Crippen molar-refractivity contribution in [3.05, 3.63) is 0 Å². The summed E-state index contributed by atoms with van der Waals surface area (Å²) in [7, 11) is 0. The highest BCUT2D eigenvalue weighted by atomic mass is 16.3. The second-order valence-corrected chi connectivity index (χ2v) is 8.70. The maximum absolute atomic E-state index is 8.99. The van der Waals surface area contributed by atoms with Crippen LogP contribution in [0.15, 0.2) is 0 Å². The van der Waals surface area contributed by atoms with Gasteiger partial charge in [0.25, 0.3) is 0 Å². The van der Waals surface area contributed by atoms with E-state index in [1.54, 1.807) is 0 Å². The summed E-state index contributed by atoms with van der Waals surface area (Å²) in [6.45, 7) is 7.08. The third kappa shape index (κ3) is 24.0. The van der Waals surface area contributed by atoms with E-state index in [-0.39, 0.29) is 13.2 Å². The molecule has 0 amide bonds. The molecule has 0 unspecified atom stereocenters. The zero-order valence-electron chi connectivity index (χ0n) is 19.8. The standard InChI is InChI=1S/C25H54N2O2/c1-2-3-4-5-6-7-8-9-10-11-12-13-14-15-16-17-19-26-20-18-21-27(22-24-28)23-25-29/h26,28-29H,2-25H2,1H3. The van der Waals surface area contributed by atoms with Crippen molar-refractivity contribution in [1.82, 2.24) is 10.2 Å². The maximum Gasteiger partial charge on any atom is 0.0558 e. The van der Waals surface area contributed by atoms with Gasteiger partial charge in [-0.15, -0.1) is 0 Å². The SMILES string of the molecule is CCCCCCCCCCCCCCCCCCNCCCN(CCO)CCO. The van der Waals surface area contributed by atoms with Crippen molar-refractivity contribution >= 4 is 0 Å². The summed E-state index contributed by atoms with van der Waals surface area (Å²) in [5, 5.41) is 21.5. The van der Waals surface area contributed by atoms with Crippen LogP contribution in [0.3, 0.4) is 0 Å². The minimum absolute atomic E-state index is 0.173. The Morgan fingerprint density at radius 2 is 0.862 bits per heavy atom. The third-order valence-corrected chi connectivity index (χ3v) is 5.87. The van der Waals surface area contributed by atoms with Gasteiger partial charge in [0.2, 0.25) is 0 Å². The molecule has 0 aromatic heterocycles. The summed E-state index contributed by atoms with van der Waals surface area (Å²) in [6, 6.07) is 0. The predicted octanol–water partition coefficient (Wildman–Crippen LogP) is 5.51. The van der Waals surface area contributed by atoms with Crippen molar-refractivity contribution in [1.29, 1.82) is 0 Å². The van der Waals surface area contributed by atoms with Crippen LogP contribution in [0.2, 0.25) is 0 Å². The number of aliphatic hydroxyl groups is 2. The summed E-state index contributed by atoms with van der Waals surface area (Å²) < 4.78 is 0. The minimum Gasteiger partial charge on any atom is -0.395 e. The maximum atomic E-state index is 8.99. The second kappa shape index (κ2) is 25.9. The molecule has 0 aliphatic carbocycles. The number of rotatable bonds is 25. The lowest BCUT2D eigenvalue weighted by Gasteiger charge is -2.19. The third-order valence-electron chi connectivity index (χ3n) is 5.87. The smallest absolute Gasteiger partial charge is 0.0558 e. The Labute approximate surface area is 182 Å². The molecule has 0 spiro atoms. The second-order valence-electron chi connectivity index (χ2n) is 8.70. The van der Waals surface area contributed by atoms with Crippen LogP contribution in [-0.4, -0.2) is 61.1 Å². The van der Waals surface area contributed by atoms with Gasteiger partial charge in [-0.1, -0.05) is 103 Å². The molecule has 0 heterocycles. The van der Waals surface area contributed by atoms with Crippen molar-refractivity contribution in [2.24, 2.45) is 0 Å². The van der Waals surface area contributed by atoms with Crippen LogP contribution < -0.4 is 5.32 Å². The molecule has 0 saturated carbocycles. The van der Waals surface area contributed by atoms with Gasteiger partial charge in [-0.05, 0) is 32.5 Å². The van der Waals surface area contributed by atoms with E-state index in [2.05, 4.69) is 17.1 Å². The van der Waals surface area contributed by atoms with Crippen LogP contribution in [-0.2, 0) is 0 Å². The monoisotopic (exact) mass is 414 g/mol. The normalized spacial score (nSPS) is 11.6. The van der Waals surface area contributed by atoms with Crippen LogP contribution in [0, 0.1) is 0 Å². The molecule has 0 rings (SSSR count). The summed E-state index contributed by atoms with van der Waals surface area (Å²) in [6.07, 6.45) is 23.8. The number of hydrogen-bond donors (Lipinski definition) is 3. The Morgan fingerprint density at radius 1 is 0.483 bits per heavy atom. The van der Waals surface area contributed by atoms with Crippen LogP contribution in [0.4, 0.5) is 0 Å². The van der Waals surface area contributed by atoms with Crippen molar-refractivity contribution in [2.75, 3.05) is 45.9 Å². The zero-order valence-corrected chi connectivity index (χ0v) is 19.8. The van der Waals surface area contributed by atoms with Crippen LogP contribution in [0.5, 0.6) is 0 Å². The van der Waals surface area contributed by atoms with Crippen molar-refractivity contribution in [2.45, 2.75) is 116 Å². The van der Waals surface area contributed by atoms with Crippen LogP contribution in [0.1, 0.15) is 116 Å². The molecule has 0 radical (unpaired) electrons. The van der Waals surface area contributed by atoms with Gasteiger partial charge in [0, 0.05) is 13.1 Å². The van der Waals surface area contributed by atoms with E-state index in [1.165, 1.54) is 103 Å². The summed E-state index contributed by atoms with van der Waals surface area (Å²) in [4.78, 5) is 2.12. The van der Waals surface area contributed by atoms with Crippen LogP contribution >= 0.6 is 0 Å². The number of aliphatic hydroxyl groups excluding tert-OH is 2. The fourth-order valence-corrected chi connectivity index (χ4v) is 3.97. The first kappa shape index (κ1) is 28.8. The van der Waals surface area contributed by atoms with E-state index >= 15 is 0 Å². The Kier molecular flexibility index (Phi) is 25.7. The van der Waals surface area contributed by atoms with Crippen molar-refractivity contribution < 1.29 is 10.2 Å². The van der Waals surface area contributed by atoms with Gasteiger partial charge in [-0.2, -0.15) is 0 Å². The fourth-order valence-electron chi connectivity index (χ4n) is 3.97. The molecule has 176 valence electrons. The highest BCUT2D eigenvalue weighted by Crippen LogP contribution is 2.13. The molecule has 0 aromatic rings. The van der Waals surface area contributed by atoms with Gasteiger partial charge in [-0.25, -0.2) is 0 Å². The van der Waals surface area contributed by atoms with E-state index in [0.717, 1.165) is 26.1 Å². The fraction of sp³-hybridized carbons (Fsp3) is 1.00. The quantitative estimate of drug-likeness (QED) is 0.172. The molecule has 4 heteroatoms. The Hall–Kier alpha value is -0.160. The summed E-state index contributed by atoms with van der Waals surface area (Å²) in [5.74, 6) is 0. The van der Waals surface area contributed by atoms with Gasteiger partial charge in [0.1, 0.15) is 0 Å². The lowest BCUT2D eigenvalue weighted by molar-refractivity contribution is 0.160. The largest absolute Gasteiger partial charge is 0.395 e. The van der Waals surface area contributed by atoms with E-state index in [0.29, 0.717) is 13.1 Å². The minimum atomic E-state index is 0.173. The lowest BCUT2D eigenvalue weighted by Crippen LogP contribution is -2.32. The molecular formula is C25H54N2O2.